The number of nitrogens with one attached hydrogen (secondary N) is 1. The number of aromatic nitrogens is 2. The minimum Gasteiger partial charge on any atom is -0.368 e. The molecule has 102 valence electrons. The van der Waals surface area contributed by atoms with Crippen LogP contribution in [0.1, 0.15) is 26.0 Å². The smallest absolute Gasteiger partial charge is 0.148 e. The van der Waals surface area contributed by atoms with E-state index in [-0.39, 0.29) is 5.41 Å². The number of anilines is 1. The average Bonchev–Trinajstić information content (AvgIpc) is 2.36. The maximum atomic E-state index is 5.82. The number of rotatable bonds is 5. The van der Waals surface area contributed by atoms with E-state index in [0.717, 1.165) is 35.5 Å². The van der Waals surface area contributed by atoms with Gasteiger partial charge in [0.15, 0.2) is 0 Å². The van der Waals surface area contributed by atoms with Crippen LogP contribution in [-0.4, -0.2) is 22.4 Å². The summed E-state index contributed by atoms with van der Waals surface area (Å²) < 4.78 is 0. The maximum Gasteiger partial charge on any atom is 0.148 e. The van der Waals surface area contributed by atoms with E-state index < -0.39 is 0 Å². The Bertz CT molecular complexity index is 566. The summed E-state index contributed by atoms with van der Waals surface area (Å²) in [6, 6.07) is 7.92. The fourth-order valence-corrected chi connectivity index (χ4v) is 2.43. The van der Waals surface area contributed by atoms with Crippen LogP contribution in [0.15, 0.2) is 24.3 Å². The standard InChI is InChI=1S/C15H20ClN3/c1-11-14(17-10-15(2,3)8-9-16)19-13-7-5-4-6-12(13)18-11/h4-7H,8-10H2,1-3H3,(H,17,19). The molecule has 2 aromatic rings. The van der Waals surface area contributed by atoms with Gasteiger partial charge in [-0.15, -0.1) is 11.6 Å². The van der Waals surface area contributed by atoms with Crippen molar-refractivity contribution in [3.05, 3.63) is 30.0 Å². The van der Waals surface area contributed by atoms with E-state index >= 15 is 0 Å². The zero-order valence-electron chi connectivity index (χ0n) is 11.7. The first-order valence-electron chi connectivity index (χ1n) is 6.55. The molecular weight excluding hydrogens is 258 g/mol. The van der Waals surface area contributed by atoms with Gasteiger partial charge in [-0.1, -0.05) is 26.0 Å². The molecule has 3 nitrogen and oxygen atoms in total. The quantitative estimate of drug-likeness (QED) is 0.839. The molecule has 0 fully saturated rings. The van der Waals surface area contributed by atoms with Gasteiger partial charge in [0.25, 0.3) is 0 Å². The molecule has 0 saturated carbocycles. The van der Waals surface area contributed by atoms with E-state index in [4.69, 9.17) is 11.6 Å². The summed E-state index contributed by atoms with van der Waals surface area (Å²) in [5, 5.41) is 3.40. The van der Waals surface area contributed by atoms with Crippen LogP contribution < -0.4 is 5.32 Å². The van der Waals surface area contributed by atoms with Crippen LogP contribution in [-0.2, 0) is 0 Å². The van der Waals surface area contributed by atoms with Gasteiger partial charge in [-0.25, -0.2) is 9.97 Å². The lowest BCUT2D eigenvalue weighted by Crippen LogP contribution is -2.24. The lowest BCUT2D eigenvalue weighted by atomic mass is 9.90. The Kier molecular flexibility index (Phi) is 4.25. The van der Waals surface area contributed by atoms with Gasteiger partial charge < -0.3 is 5.32 Å². The second-order valence-corrected chi connectivity index (χ2v) is 5.98. The van der Waals surface area contributed by atoms with Gasteiger partial charge in [0.1, 0.15) is 5.82 Å². The number of para-hydroxylation sites is 2. The van der Waals surface area contributed by atoms with Gasteiger partial charge in [0.05, 0.1) is 16.7 Å². The molecule has 0 bridgehead atoms. The highest BCUT2D eigenvalue weighted by atomic mass is 35.5. The van der Waals surface area contributed by atoms with Crippen LogP contribution in [0, 0.1) is 12.3 Å². The van der Waals surface area contributed by atoms with Crippen molar-refractivity contribution < 1.29 is 0 Å². The topological polar surface area (TPSA) is 37.8 Å². The molecule has 1 aromatic carbocycles. The average molecular weight is 278 g/mol. The van der Waals surface area contributed by atoms with Gasteiger partial charge in [-0.2, -0.15) is 0 Å². The third-order valence-corrected chi connectivity index (χ3v) is 3.44. The summed E-state index contributed by atoms with van der Waals surface area (Å²) in [6.07, 6.45) is 0.974. The number of halogens is 1. The molecule has 0 saturated heterocycles. The number of hydrogen-bond donors (Lipinski definition) is 1. The number of aryl methyl sites for hydroxylation is 1. The van der Waals surface area contributed by atoms with E-state index in [1.165, 1.54) is 0 Å². The van der Waals surface area contributed by atoms with Crippen LogP contribution >= 0.6 is 11.6 Å². The zero-order valence-corrected chi connectivity index (χ0v) is 12.5. The predicted octanol–water partition coefficient (Wildman–Crippen LogP) is 4.01. The normalized spacial score (nSPS) is 11.8. The van der Waals surface area contributed by atoms with Gasteiger partial charge >= 0.3 is 0 Å². The molecule has 19 heavy (non-hydrogen) atoms. The Hall–Kier alpha value is -1.35. The number of hydrogen-bond acceptors (Lipinski definition) is 3. The summed E-state index contributed by atoms with van der Waals surface area (Å²) in [4.78, 5) is 9.20. The second kappa shape index (κ2) is 5.74. The van der Waals surface area contributed by atoms with E-state index in [0.29, 0.717) is 5.88 Å². The number of nitrogens with zero attached hydrogens (tertiary/aromatic N) is 2. The van der Waals surface area contributed by atoms with Crippen molar-refractivity contribution >= 4 is 28.5 Å². The minimum atomic E-state index is 0.154. The Morgan fingerprint density at radius 2 is 1.79 bits per heavy atom. The van der Waals surface area contributed by atoms with Crippen LogP contribution in [0.25, 0.3) is 11.0 Å². The lowest BCUT2D eigenvalue weighted by molar-refractivity contribution is 0.379. The molecule has 0 amide bonds. The van der Waals surface area contributed by atoms with E-state index in [9.17, 15) is 0 Å². The Labute approximate surface area is 119 Å². The molecule has 0 unspecified atom stereocenters. The van der Waals surface area contributed by atoms with Crippen molar-refractivity contribution in [2.24, 2.45) is 5.41 Å². The summed E-state index contributed by atoms with van der Waals surface area (Å²) in [5.41, 5.74) is 2.94. The number of fused-ring (bicyclic) bond motifs is 1. The molecular formula is C15H20ClN3. The van der Waals surface area contributed by atoms with Crippen molar-refractivity contribution in [2.75, 3.05) is 17.7 Å². The highest BCUT2D eigenvalue weighted by molar-refractivity contribution is 6.17. The summed E-state index contributed by atoms with van der Waals surface area (Å²) in [6.45, 7) is 7.22. The zero-order chi connectivity index (χ0) is 13.9. The third kappa shape index (κ3) is 3.57. The highest BCUT2D eigenvalue weighted by Crippen LogP contribution is 2.23. The lowest BCUT2D eigenvalue weighted by Gasteiger charge is -2.24. The van der Waals surface area contributed by atoms with Crippen LogP contribution in [0.4, 0.5) is 5.82 Å². The van der Waals surface area contributed by atoms with E-state index in [1.54, 1.807) is 0 Å². The SMILES string of the molecule is Cc1nc2ccccc2nc1NCC(C)(C)CCCl. The molecule has 1 aromatic heterocycles. The molecule has 0 aliphatic carbocycles. The van der Waals surface area contributed by atoms with Gasteiger partial charge in [0, 0.05) is 12.4 Å². The molecule has 1 N–H and O–H groups in total. The fraction of sp³-hybridized carbons (Fsp3) is 0.467. The predicted molar refractivity (Wildman–Crippen MR) is 81.9 cm³/mol. The molecule has 0 aliphatic rings. The second-order valence-electron chi connectivity index (χ2n) is 5.60. The molecule has 0 aliphatic heterocycles. The fourth-order valence-electron chi connectivity index (χ4n) is 1.92. The van der Waals surface area contributed by atoms with Crippen molar-refractivity contribution in [1.29, 1.82) is 0 Å². The third-order valence-electron chi connectivity index (χ3n) is 3.25. The van der Waals surface area contributed by atoms with Gasteiger partial charge in [0.2, 0.25) is 0 Å². The first kappa shape index (κ1) is 14.1. The first-order chi connectivity index (χ1) is 9.02. The van der Waals surface area contributed by atoms with Crippen molar-refractivity contribution in [3.8, 4) is 0 Å². The molecule has 4 heteroatoms. The minimum absolute atomic E-state index is 0.154. The largest absolute Gasteiger partial charge is 0.368 e. The Morgan fingerprint density at radius 1 is 1.16 bits per heavy atom. The molecule has 0 spiro atoms. The molecule has 1 heterocycles. The molecule has 0 atom stereocenters. The number of benzene rings is 1. The van der Waals surface area contributed by atoms with Crippen LogP contribution in [0.5, 0.6) is 0 Å². The van der Waals surface area contributed by atoms with Crippen molar-refractivity contribution in [1.82, 2.24) is 9.97 Å². The van der Waals surface area contributed by atoms with Crippen LogP contribution in [0.3, 0.4) is 0 Å². The molecule has 2 rings (SSSR count). The van der Waals surface area contributed by atoms with Crippen LogP contribution in [0.2, 0.25) is 0 Å². The summed E-state index contributed by atoms with van der Waals surface area (Å²) in [5.74, 6) is 1.54. The van der Waals surface area contributed by atoms with E-state index in [2.05, 4.69) is 29.1 Å². The summed E-state index contributed by atoms with van der Waals surface area (Å²) >= 11 is 5.82. The monoisotopic (exact) mass is 277 g/mol. The summed E-state index contributed by atoms with van der Waals surface area (Å²) in [7, 11) is 0. The van der Waals surface area contributed by atoms with Crippen molar-refractivity contribution in [3.63, 3.8) is 0 Å². The van der Waals surface area contributed by atoms with E-state index in [1.807, 2.05) is 31.2 Å². The Balaban J connectivity index is 2.18. The van der Waals surface area contributed by atoms with Crippen molar-refractivity contribution in [2.45, 2.75) is 27.2 Å². The Morgan fingerprint density at radius 3 is 2.42 bits per heavy atom. The maximum absolute atomic E-state index is 5.82. The highest BCUT2D eigenvalue weighted by Gasteiger charge is 2.17. The first-order valence-corrected chi connectivity index (χ1v) is 7.08. The number of alkyl halides is 1. The van der Waals surface area contributed by atoms with Gasteiger partial charge in [-0.3, -0.25) is 0 Å². The van der Waals surface area contributed by atoms with Gasteiger partial charge in [-0.05, 0) is 30.9 Å². The molecule has 0 radical (unpaired) electrons.